The Morgan fingerprint density at radius 1 is 0.156 bits per heavy atom. The van der Waals surface area contributed by atoms with Gasteiger partial charge in [-0.1, -0.05) is 28.5 Å². The normalized spacial score (nSPS) is 9.19. The van der Waals surface area contributed by atoms with Gasteiger partial charge in [0.05, 0.1) is 0 Å². The van der Waals surface area contributed by atoms with E-state index in [2.05, 4.69) is 0 Å². The third kappa shape index (κ3) is 18.5. The predicted molar refractivity (Wildman–Crippen MR) is 126 cm³/mol. The summed E-state index contributed by atoms with van der Waals surface area (Å²) in [5.74, 6) is -47.0. The second-order valence-corrected chi connectivity index (χ2v) is 9.26. The fourth-order valence-corrected chi connectivity index (χ4v) is 3.32. The molecule has 4 aromatic carbocycles. The molecule has 0 aliphatic rings. The van der Waals surface area contributed by atoms with E-state index >= 15 is 0 Å². The van der Waals surface area contributed by atoms with Gasteiger partial charge in [-0.05, 0) is 21.9 Å². The number of benzene rings is 4. The number of hydrogen-bond acceptors (Lipinski definition) is 8. The van der Waals surface area contributed by atoms with Gasteiger partial charge in [-0.25, -0.2) is 87.8 Å². The molecule has 0 amide bonds. The van der Waals surface area contributed by atoms with Crippen molar-refractivity contribution in [1.82, 2.24) is 0 Å². The van der Waals surface area contributed by atoms with Crippen molar-refractivity contribution < 1.29 is 279 Å². The first-order chi connectivity index (χ1) is 25.5. The summed E-state index contributed by atoms with van der Waals surface area (Å²) in [5, 5.41) is 80.8. The molecule has 0 saturated heterocycles. The Morgan fingerprint density at radius 2 is 0.219 bits per heavy atom. The van der Waals surface area contributed by atoms with Crippen molar-refractivity contribution in [2.24, 2.45) is 0 Å². The van der Waals surface area contributed by atoms with Gasteiger partial charge >= 0.3 is 151 Å². The molecule has 0 N–H and O–H groups in total. The molecular formula is C24B4F20Li8O8. The van der Waals surface area contributed by atoms with Crippen molar-refractivity contribution in [3.63, 3.8) is 0 Å². The van der Waals surface area contributed by atoms with E-state index in [4.69, 9.17) is 0 Å². The molecule has 0 aliphatic carbocycles. The average Bonchev–Trinajstić information content (AvgIpc) is 3.11. The van der Waals surface area contributed by atoms with Crippen molar-refractivity contribution in [3.05, 3.63) is 116 Å². The van der Waals surface area contributed by atoms with Gasteiger partial charge in [0.2, 0.25) is 0 Å². The summed E-state index contributed by atoms with van der Waals surface area (Å²) in [6.45, 7) is 0. The molecule has 40 heteroatoms. The van der Waals surface area contributed by atoms with Crippen LogP contribution in [0.1, 0.15) is 0 Å². The van der Waals surface area contributed by atoms with E-state index in [0.29, 0.717) is 0 Å². The van der Waals surface area contributed by atoms with Gasteiger partial charge in [0, 0.05) is 0 Å². The third-order valence-corrected chi connectivity index (χ3v) is 5.92. The average molecular weight is 895 g/mol. The fraction of sp³-hybridized carbons (Fsp3) is 0. The molecule has 0 fully saturated rings. The maximum absolute atomic E-state index is 12.5. The number of rotatable bonds is 4. The zero-order chi connectivity index (χ0) is 44.2. The Morgan fingerprint density at radius 3 is 0.281 bits per heavy atom. The summed E-state index contributed by atoms with van der Waals surface area (Å²) < 4.78 is 248. The minimum atomic E-state index is -3.26. The summed E-state index contributed by atoms with van der Waals surface area (Å²) in [6, 6.07) is 0. The Kier molecular flexibility index (Phi) is 43.7. The molecule has 0 heterocycles. The van der Waals surface area contributed by atoms with E-state index in [9.17, 15) is 128 Å². The molecule has 0 atom stereocenters. The van der Waals surface area contributed by atoms with E-state index in [1.54, 1.807) is 0 Å². The summed E-state index contributed by atoms with van der Waals surface area (Å²) in [4.78, 5) is 0. The largest absolute Gasteiger partial charge is 1.00 e. The Hall–Kier alpha value is 0.199. The van der Waals surface area contributed by atoms with E-state index < -0.39 is 167 Å². The summed E-state index contributed by atoms with van der Waals surface area (Å²) in [7, 11) is -13.1. The SMILES string of the molecule is [Li+].[Li+].[Li+].[Li+].[Li+].[Li+].[Li+].[Li+].[O-]B([O-])c1c(F)c(F)c(F)c(F)c1F.[O-]B([O-])c1c(F)c(F)c(F)c(F)c1F.[O-]B([O-])c1c(F)c(F)c(F)c(F)c1F.[O-]B([O-])c1c(F)c(F)c(F)c(F)c1F. The Balaban J connectivity index is -0.000000105. The van der Waals surface area contributed by atoms with Gasteiger partial charge in [-0.15, -0.1) is 0 Å². The van der Waals surface area contributed by atoms with E-state index in [1.807, 2.05) is 0 Å². The minimum absolute atomic E-state index is 0. The zero-order valence-electron chi connectivity index (χ0n) is 33.1. The molecule has 304 valence electrons. The quantitative estimate of drug-likeness (QED) is 0.0838. The minimum Gasteiger partial charge on any atom is -0.889 e. The van der Waals surface area contributed by atoms with Crippen molar-refractivity contribution in [2.45, 2.75) is 0 Å². The first-order valence-corrected chi connectivity index (χ1v) is 12.8. The van der Waals surface area contributed by atoms with E-state index in [0.717, 1.165) is 0 Å². The molecule has 0 radical (unpaired) electrons. The molecule has 0 bridgehead atoms. The van der Waals surface area contributed by atoms with Crippen LogP contribution < -0.4 is 213 Å². The van der Waals surface area contributed by atoms with Gasteiger partial charge in [-0.2, -0.15) is 0 Å². The molecule has 8 nitrogen and oxygen atoms in total. The predicted octanol–water partition coefficient (Wildman–Crippen LogP) is -28.8. The second kappa shape index (κ2) is 34.5. The first-order valence-electron chi connectivity index (χ1n) is 12.8. The molecule has 64 heavy (non-hydrogen) atoms. The third-order valence-electron chi connectivity index (χ3n) is 5.92. The van der Waals surface area contributed by atoms with Gasteiger partial charge in [-0.3, -0.25) is 0 Å². The molecule has 0 aromatic heterocycles. The van der Waals surface area contributed by atoms with Crippen LogP contribution >= 0.6 is 0 Å². The standard InChI is InChI=1S/4C6BF5O2.8Li/c4*8-2-1(7(13)14)3(9)5(11)6(12)4(2)10;;;;;;;;/q4*-2;8*+1. The van der Waals surface area contributed by atoms with Crippen LogP contribution in [0.2, 0.25) is 0 Å². The van der Waals surface area contributed by atoms with Crippen LogP contribution in [0.3, 0.4) is 0 Å². The molecule has 4 rings (SSSR count). The van der Waals surface area contributed by atoms with Crippen molar-refractivity contribution in [3.8, 4) is 0 Å². The topological polar surface area (TPSA) is 184 Å². The van der Waals surface area contributed by atoms with Crippen LogP contribution in [0.5, 0.6) is 0 Å². The molecule has 0 spiro atoms. The monoisotopic (exact) mass is 896 g/mol. The summed E-state index contributed by atoms with van der Waals surface area (Å²) in [5.41, 5.74) is -7.55. The van der Waals surface area contributed by atoms with Crippen molar-refractivity contribution in [2.75, 3.05) is 0 Å². The number of halogens is 20. The van der Waals surface area contributed by atoms with Gasteiger partial charge in [0.25, 0.3) is 0 Å². The van der Waals surface area contributed by atoms with Crippen molar-refractivity contribution in [1.29, 1.82) is 0 Å². The Labute approximate surface area is 441 Å². The maximum atomic E-state index is 12.5. The molecule has 0 aliphatic heterocycles. The van der Waals surface area contributed by atoms with Crippen LogP contribution in [0, 0.1) is 116 Å². The zero-order valence-corrected chi connectivity index (χ0v) is 33.1. The van der Waals surface area contributed by atoms with Gasteiger partial charge in [0.15, 0.2) is 116 Å². The van der Waals surface area contributed by atoms with Gasteiger partial charge in [0.1, 0.15) is 0 Å². The van der Waals surface area contributed by atoms with E-state index in [1.165, 1.54) is 0 Å². The maximum Gasteiger partial charge on any atom is 1.00 e. The molecular weight excluding hydrogens is 895 g/mol. The smallest absolute Gasteiger partial charge is 0.889 e. The molecule has 4 aromatic rings. The summed E-state index contributed by atoms with van der Waals surface area (Å²) in [6.07, 6.45) is 0. The van der Waals surface area contributed by atoms with Crippen LogP contribution in [0.15, 0.2) is 0 Å². The van der Waals surface area contributed by atoms with Crippen LogP contribution in [-0.2, 0) is 0 Å². The first kappa shape index (κ1) is 81.2. The number of hydrogen-bond donors (Lipinski definition) is 0. The fourth-order valence-electron chi connectivity index (χ4n) is 3.32. The molecule has 0 unspecified atom stereocenters. The molecule has 0 saturated carbocycles. The Bertz CT molecular complexity index is 1740. The van der Waals surface area contributed by atoms with Gasteiger partial charge < -0.3 is 40.2 Å². The van der Waals surface area contributed by atoms with Crippen LogP contribution in [0.25, 0.3) is 0 Å². The second-order valence-electron chi connectivity index (χ2n) is 9.26. The summed E-state index contributed by atoms with van der Waals surface area (Å²) >= 11 is 0. The van der Waals surface area contributed by atoms with Crippen molar-refractivity contribution >= 4 is 50.3 Å². The van der Waals surface area contributed by atoms with E-state index in [-0.39, 0.29) is 151 Å². The van der Waals surface area contributed by atoms with Crippen LogP contribution in [0.4, 0.5) is 87.8 Å². The van der Waals surface area contributed by atoms with Crippen LogP contribution in [-0.4, -0.2) is 28.5 Å².